The van der Waals surface area contributed by atoms with E-state index in [-0.39, 0.29) is 5.82 Å². The van der Waals surface area contributed by atoms with Crippen LogP contribution in [-0.4, -0.2) is 12.1 Å². The number of nitrogens with one attached hydrogen (secondary N) is 1. The maximum atomic E-state index is 13.2. The van der Waals surface area contributed by atoms with Crippen LogP contribution in [0.5, 0.6) is 0 Å². The van der Waals surface area contributed by atoms with Gasteiger partial charge in [0, 0.05) is 12.1 Å². The lowest BCUT2D eigenvalue weighted by Crippen LogP contribution is -2.41. The van der Waals surface area contributed by atoms with Gasteiger partial charge in [0.2, 0.25) is 0 Å². The highest BCUT2D eigenvalue weighted by Gasteiger charge is 2.21. The molecule has 1 saturated carbocycles. The van der Waals surface area contributed by atoms with Crippen LogP contribution >= 0.6 is 0 Å². The molecule has 0 amide bonds. The Morgan fingerprint density at radius 2 is 1.95 bits per heavy atom. The summed E-state index contributed by atoms with van der Waals surface area (Å²) in [5, 5.41) is 3.70. The quantitative estimate of drug-likeness (QED) is 0.834. The second-order valence-corrected chi connectivity index (χ2v) is 6.09. The van der Waals surface area contributed by atoms with E-state index in [9.17, 15) is 4.39 Å². The van der Waals surface area contributed by atoms with Crippen molar-refractivity contribution in [1.29, 1.82) is 0 Å². The number of halogens is 1. The third-order valence-corrected chi connectivity index (χ3v) is 4.34. The van der Waals surface area contributed by atoms with Gasteiger partial charge >= 0.3 is 0 Å². The summed E-state index contributed by atoms with van der Waals surface area (Å²) in [6.45, 7) is 4.50. The molecule has 1 nitrogen and oxygen atoms in total. The van der Waals surface area contributed by atoms with Crippen molar-refractivity contribution in [3.63, 3.8) is 0 Å². The van der Waals surface area contributed by atoms with Crippen molar-refractivity contribution in [1.82, 2.24) is 5.32 Å². The van der Waals surface area contributed by atoms with Crippen molar-refractivity contribution in [2.75, 3.05) is 0 Å². The molecule has 1 aliphatic carbocycles. The van der Waals surface area contributed by atoms with E-state index in [1.807, 2.05) is 6.07 Å². The van der Waals surface area contributed by atoms with Gasteiger partial charge in [-0.1, -0.05) is 31.4 Å². The molecule has 0 saturated heterocycles. The molecule has 1 aliphatic rings. The van der Waals surface area contributed by atoms with Crippen molar-refractivity contribution in [3.05, 3.63) is 35.6 Å². The van der Waals surface area contributed by atoms with Crippen molar-refractivity contribution in [2.24, 2.45) is 5.92 Å². The van der Waals surface area contributed by atoms with Crippen molar-refractivity contribution >= 4 is 0 Å². The summed E-state index contributed by atoms with van der Waals surface area (Å²) >= 11 is 0. The van der Waals surface area contributed by atoms with Gasteiger partial charge in [-0.3, -0.25) is 0 Å². The fraction of sp³-hybridized carbons (Fsp3) is 0.647. The zero-order valence-electron chi connectivity index (χ0n) is 12.2. The van der Waals surface area contributed by atoms with Gasteiger partial charge in [0.15, 0.2) is 0 Å². The van der Waals surface area contributed by atoms with Gasteiger partial charge in [-0.15, -0.1) is 0 Å². The highest BCUT2D eigenvalue weighted by atomic mass is 19.1. The number of hydrogen-bond acceptors (Lipinski definition) is 1. The monoisotopic (exact) mass is 263 g/mol. The van der Waals surface area contributed by atoms with E-state index in [2.05, 4.69) is 19.2 Å². The first-order valence-corrected chi connectivity index (χ1v) is 7.65. The fourth-order valence-electron chi connectivity index (χ4n) is 3.30. The largest absolute Gasteiger partial charge is 0.311 e. The molecule has 1 aromatic rings. The first kappa shape index (κ1) is 14.5. The summed E-state index contributed by atoms with van der Waals surface area (Å²) in [4.78, 5) is 0. The normalized spacial score (nSPS) is 20.2. The summed E-state index contributed by atoms with van der Waals surface area (Å²) < 4.78 is 13.2. The Kier molecular flexibility index (Phi) is 5.38. The summed E-state index contributed by atoms with van der Waals surface area (Å²) in [7, 11) is 0. The topological polar surface area (TPSA) is 12.0 Å². The van der Waals surface area contributed by atoms with Crippen LogP contribution < -0.4 is 5.32 Å². The Morgan fingerprint density at radius 3 is 2.63 bits per heavy atom. The van der Waals surface area contributed by atoms with Crippen LogP contribution in [0.2, 0.25) is 0 Å². The molecular weight excluding hydrogens is 237 g/mol. The van der Waals surface area contributed by atoms with Crippen LogP contribution in [0.1, 0.15) is 51.5 Å². The minimum absolute atomic E-state index is 0.134. The predicted molar refractivity (Wildman–Crippen MR) is 78.7 cm³/mol. The molecule has 0 heterocycles. The van der Waals surface area contributed by atoms with Gasteiger partial charge in [0.05, 0.1) is 0 Å². The molecule has 2 heteroatoms. The molecule has 0 radical (unpaired) electrons. The Balaban J connectivity index is 1.81. The van der Waals surface area contributed by atoms with Crippen LogP contribution in [0.15, 0.2) is 24.3 Å². The molecule has 0 aliphatic heterocycles. The second-order valence-electron chi connectivity index (χ2n) is 6.09. The van der Waals surface area contributed by atoms with E-state index in [1.54, 1.807) is 12.1 Å². The summed E-state index contributed by atoms with van der Waals surface area (Å²) in [6, 6.07) is 7.92. The van der Waals surface area contributed by atoms with Crippen LogP contribution in [0, 0.1) is 11.7 Å². The Morgan fingerprint density at radius 1 is 1.21 bits per heavy atom. The molecule has 0 aromatic heterocycles. The summed E-state index contributed by atoms with van der Waals surface area (Å²) in [6.07, 6.45) is 7.79. The molecule has 2 atom stereocenters. The second kappa shape index (κ2) is 7.04. The van der Waals surface area contributed by atoms with E-state index >= 15 is 0 Å². The minimum Gasteiger partial charge on any atom is -0.311 e. The predicted octanol–water partition coefficient (Wildman–Crippen LogP) is 4.32. The zero-order valence-corrected chi connectivity index (χ0v) is 12.2. The van der Waals surface area contributed by atoms with E-state index in [1.165, 1.54) is 38.2 Å². The lowest BCUT2D eigenvalue weighted by atomic mass is 9.84. The van der Waals surface area contributed by atoms with Gasteiger partial charge < -0.3 is 5.32 Å². The SMILES string of the molecule is CC(Cc1cccc(F)c1)N[C@H](C)C1CCCCC1. The molecule has 1 unspecified atom stereocenters. The standard InChI is InChI=1S/C17H26FN/c1-13(11-15-7-6-10-17(18)12-15)19-14(2)16-8-4-3-5-9-16/h6-7,10,12-14,16,19H,3-5,8-9,11H2,1-2H3/t13?,14-/m1/s1. The first-order valence-electron chi connectivity index (χ1n) is 7.65. The highest BCUT2D eigenvalue weighted by molar-refractivity contribution is 5.17. The first-order chi connectivity index (χ1) is 9.15. The van der Waals surface area contributed by atoms with Crippen LogP contribution in [0.3, 0.4) is 0 Å². The lowest BCUT2D eigenvalue weighted by Gasteiger charge is -2.30. The van der Waals surface area contributed by atoms with E-state index in [0.717, 1.165) is 17.9 Å². The summed E-state index contributed by atoms with van der Waals surface area (Å²) in [5.74, 6) is 0.689. The highest BCUT2D eigenvalue weighted by Crippen LogP contribution is 2.26. The summed E-state index contributed by atoms with van der Waals surface area (Å²) in [5.41, 5.74) is 1.08. The average Bonchev–Trinajstić information content (AvgIpc) is 2.39. The van der Waals surface area contributed by atoms with Gasteiger partial charge in [-0.2, -0.15) is 0 Å². The molecule has 1 N–H and O–H groups in total. The third kappa shape index (κ3) is 4.61. The molecule has 106 valence electrons. The average molecular weight is 263 g/mol. The molecule has 0 bridgehead atoms. The molecule has 19 heavy (non-hydrogen) atoms. The maximum absolute atomic E-state index is 13.2. The maximum Gasteiger partial charge on any atom is 0.123 e. The van der Waals surface area contributed by atoms with Gasteiger partial charge in [0.25, 0.3) is 0 Å². The Labute approximate surface area is 116 Å². The van der Waals surface area contributed by atoms with Gasteiger partial charge in [-0.25, -0.2) is 4.39 Å². The smallest absolute Gasteiger partial charge is 0.123 e. The fourth-order valence-corrected chi connectivity index (χ4v) is 3.30. The lowest BCUT2D eigenvalue weighted by molar-refractivity contribution is 0.267. The van der Waals surface area contributed by atoms with Crippen molar-refractivity contribution in [3.8, 4) is 0 Å². The van der Waals surface area contributed by atoms with Crippen LogP contribution in [0.4, 0.5) is 4.39 Å². The van der Waals surface area contributed by atoms with Crippen LogP contribution in [-0.2, 0) is 6.42 Å². The molecule has 1 fully saturated rings. The minimum atomic E-state index is -0.134. The van der Waals surface area contributed by atoms with Crippen molar-refractivity contribution < 1.29 is 4.39 Å². The third-order valence-electron chi connectivity index (χ3n) is 4.34. The molecular formula is C17H26FN. The van der Waals surface area contributed by atoms with E-state index in [0.29, 0.717) is 12.1 Å². The van der Waals surface area contributed by atoms with Gasteiger partial charge in [-0.05, 0) is 56.7 Å². The zero-order chi connectivity index (χ0) is 13.7. The Hall–Kier alpha value is -0.890. The van der Waals surface area contributed by atoms with E-state index < -0.39 is 0 Å². The van der Waals surface area contributed by atoms with E-state index in [4.69, 9.17) is 0 Å². The van der Waals surface area contributed by atoms with Crippen molar-refractivity contribution in [2.45, 2.75) is 64.5 Å². The molecule has 2 rings (SSSR count). The van der Waals surface area contributed by atoms with Gasteiger partial charge in [0.1, 0.15) is 5.82 Å². The van der Waals surface area contributed by atoms with Crippen LogP contribution in [0.25, 0.3) is 0 Å². The Bertz CT molecular complexity index is 385. The molecule has 0 spiro atoms. The number of hydrogen-bond donors (Lipinski definition) is 1. The number of benzene rings is 1. The number of rotatable bonds is 5. The molecule has 1 aromatic carbocycles.